The lowest BCUT2D eigenvalue weighted by atomic mass is 10.2. The van der Waals surface area contributed by atoms with E-state index in [2.05, 4.69) is 19.2 Å². The fraction of sp³-hybridized carbons (Fsp3) is 0.533. The predicted molar refractivity (Wildman–Crippen MR) is 82.0 cm³/mol. The lowest BCUT2D eigenvalue weighted by Crippen LogP contribution is -2.41. The van der Waals surface area contributed by atoms with Crippen molar-refractivity contribution in [2.24, 2.45) is 0 Å². The first-order valence-electron chi connectivity index (χ1n) is 7.00. The highest BCUT2D eigenvalue weighted by atomic mass is 35.5. The number of rotatable bonds is 7. The van der Waals surface area contributed by atoms with Gasteiger partial charge in [0.25, 0.3) is 0 Å². The second-order valence-corrected chi connectivity index (χ2v) is 4.95. The van der Waals surface area contributed by atoms with Crippen molar-refractivity contribution in [1.82, 2.24) is 5.32 Å². The summed E-state index contributed by atoms with van der Waals surface area (Å²) in [7, 11) is 0. The third kappa shape index (κ3) is 5.11. The van der Waals surface area contributed by atoms with Crippen LogP contribution in [0, 0.1) is 0 Å². The number of hydrogen-bond donors (Lipinski definition) is 1. The summed E-state index contributed by atoms with van der Waals surface area (Å²) in [5.74, 6) is 0. The first-order chi connectivity index (χ1) is 9.20. The number of amides is 2. The van der Waals surface area contributed by atoms with Gasteiger partial charge in [-0.1, -0.05) is 50.4 Å². The average Bonchev–Trinajstić information content (AvgIpc) is 2.41. The molecule has 4 heteroatoms. The Morgan fingerprint density at radius 2 is 1.89 bits per heavy atom. The van der Waals surface area contributed by atoms with Gasteiger partial charge in [-0.15, -0.1) is 0 Å². The molecule has 0 atom stereocenters. The predicted octanol–water partition coefficient (Wildman–Crippen LogP) is 4.46. The van der Waals surface area contributed by atoms with Crippen LogP contribution in [0.4, 0.5) is 10.5 Å². The largest absolute Gasteiger partial charge is 0.338 e. The molecule has 3 nitrogen and oxygen atoms in total. The second-order valence-electron chi connectivity index (χ2n) is 4.54. The van der Waals surface area contributed by atoms with Gasteiger partial charge in [0.15, 0.2) is 0 Å². The van der Waals surface area contributed by atoms with Crippen molar-refractivity contribution in [1.29, 1.82) is 0 Å². The van der Waals surface area contributed by atoms with Gasteiger partial charge in [0.2, 0.25) is 0 Å². The maximum Gasteiger partial charge on any atom is 0.321 e. The zero-order valence-corrected chi connectivity index (χ0v) is 12.5. The Morgan fingerprint density at radius 1 is 1.21 bits per heavy atom. The van der Waals surface area contributed by atoms with Crippen molar-refractivity contribution in [2.75, 3.05) is 18.0 Å². The molecule has 0 aliphatic carbocycles. The van der Waals surface area contributed by atoms with Gasteiger partial charge < -0.3 is 5.32 Å². The molecule has 0 saturated carbocycles. The van der Waals surface area contributed by atoms with Crippen molar-refractivity contribution >= 4 is 23.3 Å². The van der Waals surface area contributed by atoms with Crippen LogP contribution >= 0.6 is 11.6 Å². The van der Waals surface area contributed by atoms with Gasteiger partial charge >= 0.3 is 6.03 Å². The normalized spacial score (nSPS) is 10.3. The molecule has 0 aliphatic heterocycles. The Balaban J connectivity index is 2.76. The lowest BCUT2D eigenvalue weighted by molar-refractivity contribution is 0.246. The Morgan fingerprint density at radius 3 is 2.53 bits per heavy atom. The highest BCUT2D eigenvalue weighted by Gasteiger charge is 2.16. The van der Waals surface area contributed by atoms with E-state index in [-0.39, 0.29) is 6.03 Å². The summed E-state index contributed by atoms with van der Waals surface area (Å²) in [4.78, 5) is 14.0. The van der Waals surface area contributed by atoms with Gasteiger partial charge in [-0.2, -0.15) is 0 Å². The third-order valence-electron chi connectivity index (χ3n) is 2.93. The molecule has 106 valence electrons. The molecule has 0 saturated heterocycles. The zero-order valence-electron chi connectivity index (χ0n) is 11.8. The Hall–Kier alpha value is -1.22. The van der Waals surface area contributed by atoms with E-state index in [4.69, 9.17) is 11.6 Å². The standard InChI is InChI=1S/C15H23ClN2O/c1-3-5-11-17-15(19)18(12-6-4-2)14-10-8-7-9-13(14)16/h7-10H,3-6,11-12H2,1-2H3,(H,17,19). The number of carbonyl (C=O) groups is 1. The summed E-state index contributed by atoms with van der Waals surface area (Å²) in [5, 5.41) is 3.56. The number of benzene rings is 1. The Labute approximate surface area is 120 Å². The van der Waals surface area contributed by atoms with E-state index in [1.165, 1.54) is 0 Å². The first kappa shape index (κ1) is 15.8. The molecule has 0 fully saturated rings. The highest BCUT2D eigenvalue weighted by molar-refractivity contribution is 6.33. The average molecular weight is 283 g/mol. The quantitative estimate of drug-likeness (QED) is 0.736. The molecule has 2 amide bonds. The fourth-order valence-corrected chi connectivity index (χ4v) is 2.02. The van der Waals surface area contributed by atoms with E-state index in [0.29, 0.717) is 18.1 Å². The number of carbonyl (C=O) groups excluding carboxylic acids is 1. The molecular formula is C15H23ClN2O. The summed E-state index contributed by atoms with van der Waals surface area (Å²) in [5.41, 5.74) is 0.784. The number of nitrogens with zero attached hydrogens (tertiary/aromatic N) is 1. The van der Waals surface area contributed by atoms with Gasteiger partial charge in [-0.3, -0.25) is 4.90 Å². The van der Waals surface area contributed by atoms with Crippen LogP contribution in [0.1, 0.15) is 39.5 Å². The molecule has 0 aromatic heterocycles. The van der Waals surface area contributed by atoms with Crippen molar-refractivity contribution in [3.8, 4) is 0 Å². The van der Waals surface area contributed by atoms with Crippen LogP contribution in [0.25, 0.3) is 0 Å². The summed E-state index contributed by atoms with van der Waals surface area (Å²) in [6.07, 6.45) is 4.08. The zero-order chi connectivity index (χ0) is 14.1. The number of anilines is 1. The van der Waals surface area contributed by atoms with Gasteiger partial charge in [-0.05, 0) is 25.0 Å². The van der Waals surface area contributed by atoms with Crippen molar-refractivity contribution in [3.05, 3.63) is 29.3 Å². The van der Waals surface area contributed by atoms with Crippen LogP contribution in [0.2, 0.25) is 5.02 Å². The van der Waals surface area contributed by atoms with Crippen molar-refractivity contribution < 1.29 is 4.79 Å². The van der Waals surface area contributed by atoms with E-state index < -0.39 is 0 Å². The Bertz CT molecular complexity index is 395. The lowest BCUT2D eigenvalue weighted by Gasteiger charge is -2.24. The number of urea groups is 1. The molecular weight excluding hydrogens is 260 g/mol. The molecule has 19 heavy (non-hydrogen) atoms. The topological polar surface area (TPSA) is 32.3 Å². The van der Waals surface area contributed by atoms with Crippen LogP contribution in [0.3, 0.4) is 0 Å². The van der Waals surface area contributed by atoms with Gasteiger partial charge in [0.05, 0.1) is 10.7 Å². The molecule has 0 spiro atoms. The molecule has 1 aromatic rings. The minimum atomic E-state index is -0.0602. The number of halogens is 1. The van der Waals surface area contributed by atoms with Crippen LogP contribution in [-0.2, 0) is 0 Å². The van der Waals surface area contributed by atoms with Crippen molar-refractivity contribution in [2.45, 2.75) is 39.5 Å². The van der Waals surface area contributed by atoms with Crippen LogP contribution < -0.4 is 10.2 Å². The van der Waals surface area contributed by atoms with E-state index in [0.717, 1.165) is 31.4 Å². The minimum absolute atomic E-state index is 0.0602. The van der Waals surface area contributed by atoms with Crippen LogP contribution in [0.15, 0.2) is 24.3 Å². The number of para-hydroxylation sites is 1. The fourth-order valence-electron chi connectivity index (χ4n) is 1.79. The molecule has 1 N–H and O–H groups in total. The number of nitrogens with one attached hydrogen (secondary N) is 1. The summed E-state index contributed by atoms with van der Waals surface area (Å²) in [6, 6.07) is 7.42. The van der Waals surface area contributed by atoms with E-state index >= 15 is 0 Å². The maximum absolute atomic E-state index is 12.2. The molecule has 1 aromatic carbocycles. The molecule has 0 heterocycles. The Kier molecular flexibility index (Phi) is 7.34. The van der Waals surface area contributed by atoms with Gasteiger partial charge in [0.1, 0.15) is 0 Å². The summed E-state index contributed by atoms with van der Waals surface area (Å²) >= 11 is 6.18. The molecule has 1 rings (SSSR count). The van der Waals surface area contributed by atoms with Crippen molar-refractivity contribution in [3.63, 3.8) is 0 Å². The first-order valence-corrected chi connectivity index (χ1v) is 7.38. The van der Waals surface area contributed by atoms with E-state index in [1.807, 2.05) is 24.3 Å². The van der Waals surface area contributed by atoms with Gasteiger partial charge in [0, 0.05) is 13.1 Å². The molecule has 0 aliphatic rings. The van der Waals surface area contributed by atoms with E-state index in [9.17, 15) is 4.79 Å². The molecule has 0 radical (unpaired) electrons. The third-order valence-corrected chi connectivity index (χ3v) is 3.25. The van der Waals surface area contributed by atoms with Crippen LogP contribution in [0.5, 0.6) is 0 Å². The SMILES string of the molecule is CCCCNC(=O)N(CCCC)c1ccccc1Cl. The summed E-state index contributed by atoms with van der Waals surface area (Å²) < 4.78 is 0. The second kappa shape index (κ2) is 8.81. The smallest absolute Gasteiger partial charge is 0.321 e. The monoisotopic (exact) mass is 282 g/mol. The summed E-state index contributed by atoms with van der Waals surface area (Å²) in [6.45, 7) is 5.62. The number of hydrogen-bond acceptors (Lipinski definition) is 1. The highest BCUT2D eigenvalue weighted by Crippen LogP contribution is 2.25. The van der Waals surface area contributed by atoms with E-state index in [1.54, 1.807) is 4.90 Å². The van der Waals surface area contributed by atoms with Crippen LogP contribution in [-0.4, -0.2) is 19.1 Å². The molecule has 0 bridgehead atoms. The number of unbranched alkanes of at least 4 members (excludes halogenated alkanes) is 2. The maximum atomic E-state index is 12.2. The minimum Gasteiger partial charge on any atom is -0.338 e. The van der Waals surface area contributed by atoms with Gasteiger partial charge in [-0.25, -0.2) is 4.79 Å². The molecule has 0 unspecified atom stereocenters.